The first-order chi connectivity index (χ1) is 6.27. The molecular formula is C10H14BrNO. The van der Waals surface area contributed by atoms with Gasteiger partial charge in [-0.05, 0) is 18.6 Å². The zero-order valence-corrected chi connectivity index (χ0v) is 9.30. The second-order valence-corrected chi connectivity index (χ2v) is 3.72. The quantitative estimate of drug-likeness (QED) is 0.883. The minimum Gasteiger partial charge on any atom is -0.493 e. The summed E-state index contributed by atoms with van der Waals surface area (Å²) in [4.78, 5) is 0. The van der Waals surface area contributed by atoms with Crippen LogP contribution in [0.1, 0.15) is 18.9 Å². The molecule has 0 fully saturated rings. The summed E-state index contributed by atoms with van der Waals surface area (Å²) in [5.74, 6) is 0.888. The molecule has 2 nitrogen and oxygen atoms in total. The lowest BCUT2D eigenvalue weighted by Crippen LogP contribution is -2.02. The molecule has 1 aromatic carbocycles. The first-order valence-corrected chi connectivity index (χ1v) is 5.18. The van der Waals surface area contributed by atoms with E-state index in [2.05, 4.69) is 22.9 Å². The molecule has 3 heteroatoms. The highest BCUT2D eigenvalue weighted by Gasteiger charge is 2.01. The van der Waals surface area contributed by atoms with E-state index in [4.69, 9.17) is 10.5 Å². The van der Waals surface area contributed by atoms with E-state index in [0.29, 0.717) is 6.54 Å². The summed E-state index contributed by atoms with van der Waals surface area (Å²) < 4.78 is 6.57. The molecular weight excluding hydrogens is 230 g/mol. The van der Waals surface area contributed by atoms with Crippen molar-refractivity contribution in [2.45, 2.75) is 19.9 Å². The molecule has 0 spiro atoms. The van der Waals surface area contributed by atoms with Crippen molar-refractivity contribution in [1.82, 2.24) is 0 Å². The molecule has 0 saturated heterocycles. The SMILES string of the molecule is CCCOc1cc(Br)ccc1CN. The van der Waals surface area contributed by atoms with Crippen LogP contribution >= 0.6 is 15.9 Å². The number of hydrogen-bond acceptors (Lipinski definition) is 2. The van der Waals surface area contributed by atoms with Gasteiger partial charge < -0.3 is 10.5 Å². The van der Waals surface area contributed by atoms with Gasteiger partial charge in [0, 0.05) is 16.6 Å². The van der Waals surface area contributed by atoms with Gasteiger partial charge in [0.1, 0.15) is 5.75 Å². The Morgan fingerprint density at radius 2 is 2.23 bits per heavy atom. The van der Waals surface area contributed by atoms with Crippen molar-refractivity contribution in [2.75, 3.05) is 6.61 Å². The molecule has 0 heterocycles. The lowest BCUT2D eigenvalue weighted by molar-refractivity contribution is 0.314. The molecule has 0 amide bonds. The van der Waals surface area contributed by atoms with E-state index in [9.17, 15) is 0 Å². The lowest BCUT2D eigenvalue weighted by atomic mass is 10.2. The fourth-order valence-corrected chi connectivity index (χ4v) is 1.38. The number of rotatable bonds is 4. The molecule has 0 bridgehead atoms. The van der Waals surface area contributed by atoms with Crippen molar-refractivity contribution in [1.29, 1.82) is 0 Å². The standard InChI is InChI=1S/C10H14BrNO/c1-2-5-13-10-6-9(11)4-3-8(10)7-12/h3-4,6H,2,5,7,12H2,1H3. The number of nitrogens with two attached hydrogens (primary N) is 1. The molecule has 0 radical (unpaired) electrons. The fourth-order valence-electron chi connectivity index (χ4n) is 1.04. The molecule has 0 aromatic heterocycles. The van der Waals surface area contributed by atoms with Gasteiger partial charge in [-0.3, -0.25) is 0 Å². The Labute approximate surface area is 87.2 Å². The summed E-state index contributed by atoms with van der Waals surface area (Å²) in [5.41, 5.74) is 6.63. The molecule has 72 valence electrons. The first-order valence-electron chi connectivity index (χ1n) is 4.39. The van der Waals surface area contributed by atoms with Gasteiger partial charge in [0.15, 0.2) is 0 Å². The predicted octanol–water partition coefficient (Wildman–Crippen LogP) is 2.70. The number of benzene rings is 1. The largest absolute Gasteiger partial charge is 0.493 e. The maximum atomic E-state index is 5.58. The van der Waals surface area contributed by atoms with Gasteiger partial charge in [0.05, 0.1) is 6.61 Å². The Bertz CT molecular complexity index is 276. The topological polar surface area (TPSA) is 35.2 Å². The van der Waals surface area contributed by atoms with E-state index in [1.807, 2.05) is 18.2 Å². The predicted molar refractivity (Wildman–Crippen MR) is 57.8 cm³/mol. The van der Waals surface area contributed by atoms with Gasteiger partial charge in [-0.1, -0.05) is 28.9 Å². The van der Waals surface area contributed by atoms with Crippen molar-refractivity contribution in [3.05, 3.63) is 28.2 Å². The van der Waals surface area contributed by atoms with Gasteiger partial charge in [0.25, 0.3) is 0 Å². The molecule has 1 rings (SSSR count). The van der Waals surface area contributed by atoms with E-state index in [1.54, 1.807) is 0 Å². The highest BCUT2D eigenvalue weighted by molar-refractivity contribution is 9.10. The number of halogens is 1. The van der Waals surface area contributed by atoms with Gasteiger partial charge in [-0.2, -0.15) is 0 Å². The van der Waals surface area contributed by atoms with E-state index < -0.39 is 0 Å². The summed E-state index contributed by atoms with van der Waals surface area (Å²) in [7, 11) is 0. The van der Waals surface area contributed by atoms with E-state index in [1.165, 1.54) is 0 Å². The van der Waals surface area contributed by atoms with Crippen molar-refractivity contribution >= 4 is 15.9 Å². The third kappa shape index (κ3) is 3.01. The molecule has 0 unspecified atom stereocenters. The molecule has 0 atom stereocenters. The second-order valence-electron chi connectivity index (χ2n) is 2.80. The van der Waals surface area contributed by atoms with Crippen LogP contribution in [0.5, 0.6) is 5.75 Å². The average Bonchev–Trinajstić information content (AvgIpc) is 2.15. The normalized spacial score (nSPS) is 10.1. The zero-order valence-electron chi connectivity index (χ0n) is 7.72. The van der Waals surface area contributed by atoms with Crippen LogP contribution in [0.3, 0.4) is 0 Å². The van der Waals surface area contributed by atoms with Crippen LogP contribution in [0.25, 0.3) is 0 Å². The number of ether oxygens (including phenoxy) is 1. The maximum Gasteiger partial charge on any atom is 0.124 e. The van der Waals surface area contributed by atoms with Crippen molar-refractivity contribution in [3.8, 4) is 5.75 Å². The van der Waals surface area contributed by atoms with E-state index in [0.717, 1.165) is 28.8 Å². The van der Waals surface area contributed by atoms with Crippen LogP contribution in [-0.4, -0.2) is 6.61 Å². The number of hydrogen-bond donors (Lipinski definition) is 1. The summed E-state index contributed by atoms with van der Waals surface area (Å²) in [6.07, 6.45) is 1.01. The van der Waals surface area contributed by atoms with Gasteiger partial charge in [-0.15, -0.1) is 0 Å². The fraction of sp³-hybridized carbons (Fsp3) is 0.400. The van der Waals surface area contributed by atoms with Crippen molar-refractivity contribution in [3.63, 3.8) is 0 Å². The molecule has 13 heavy (non-hydrogen) atoms. The smallest absolute Gasteiger partial charge is 0.124 e. The maximum absolute atomic E-state index is 5.58. The van der Waals surface area contributed by atoms with Crippen LogP contribution in [0.2, 0.25) is 0 Å². The van der Waals surface area contributed by atoms with Crippen molar-refractivity contribution < 1.29 is 4.74 Å². The molecule has 0 aliphatic rings. The van der Waals surface area contributed by atoms with Crippen LogP contribution in [-0.2, 0) is 6.54 Å². The van der Waals surface area contributed by atoms with Gasteiger partial charge in [0.2, 0.25) is 0 Å². The Hall–Kier alpha value is -0.540. The molecule has 0 aliphatic carbocycles. The summed E-state index contributed by atoms with van der Waals surface area (Å²) in [6, 6.07) is 5.91. The Morgan fingerprint density at radius 3 is 2.85 bits per heavy atom. The molecule has 0 aliphatic heterocycles. The van der Waals surface area contributed by atoms with E-state index >= 15 is 0 Å². The first kappa shape index (κ1) is 10.5. The van der Waals surface area contributed by atoms with Crippen LogP contribution in [0.15, 0.2) is 22.7 Å². The minimum absolute atomic E-state index is 0.520. The van der Waals surface area contributed by atoms with Crippen LogP contribution < -0.4 is 10.5 Å². The molecule has 2 N–H and O–H groups in total. The monoisotopic (exact) mass is 243 g/mol. The minimum atomic E-state index is 0.520. The van der Waals surface area contributed by atoms with Crippen LogP contribution in [0.4, 0.5) is 0 Å². The van der Waals surface area contributed by atoms with Gasteiger partial charge >= 0.3 is 0 Å². The Morgan fingerprint density at radius 1 is 1.46 bits per heavy atom. The second kappa shape index (κ2) is 5.25. The highest BCUT2D eigenvalue weighted by atomic mass is 79.9. The molecule has 0 saturated carbocycles. The van der Waals surface area contributed by atoms with Gasteiger partial charge in [-0.25, -0.2) is 0 Å². The summed E-state index contributed by atoms with van der Waals surface area (Å²) in [6.45, 7) is 3.34. The highest BCUT2D eigenvalue weighted by Crippen LogP contribution is 2.23. The summed E-state index contributed by atoms with van der Waals surface area (Å²) in [5, 5.41) is 0. The van der Waals surface area contributed by atoms with E-state index in [-0.39, 0.29) is 0 Å². The third-order valence-corrected chi connectivity index (χ3v) is 2.20. The lowest BCUT2D eigenvalue weighted by Gasteiger charge is -2.09. The Kier molecular flexibility index (Phi) is 4.25. The molecule has 1 aromatic rings. The van der Waals surface area contributed by atoms with Crippen LogP contribution in [0, 0.1) is 0 Å². The van der Waals surface area contributed by atoms with Crippen molar-refractivity contribution in [2.24, 2.45) is 5.73 Å². The summed E-state index contributed by atoms with van der Waals surface area (Å²) >= 11 is 3.40. The zero-order chi connectivity index (χ0) is 9.68. The average molecular weight is 244 g/mol. The third-order valence-electron chi connectivity index (χ3n) is 1.71. The Balaban J connectivity index is 2.81.